The summed E-state index contributed by atoms with van der Waals surface area (Å²) in [6.07, 6.45) is 0. The molecule has 5 nitrogen and oxygen atoms in total. The maximum Gasteiger partial charge on any atom is 0.272 e. The van der Waals surface area contributed by atoms with Crippen molar-refractivity contribution in [3.05, 3.63) is 87.5 Å². The van der Waals surface area contributed by atoms with Crippen LogP contribution in [0.3, 0.4) is 0 Å². The molecule has 0 bridgehead atoms. The molecule has 1 atom stereocenters. The van der Waals surface area contributed by atoms with E-state index in [1.165, 1.54) is 12.1 Å². The first-order chi connectivity index (χ1) is 12.0. The minimum Gasteiger partial charge on any atom is -0.345 e. The molecule has 1 amide bonds. The van der Waals surface area contributed by atoms with Crippen molar-refractivity contribution >= 4 is 22.4 Å². The molecule has 1 unspecified atom stereocenters. The number of nitro benzene ring substituents is 1. The summed E-state index contributed by atoms with van der Waals surface area (Å²) in [6, 6.07) is 18.2. The first-order valence-electron chi connectivity index (χ1n) is 8.01. The minimum atomic E-state index is -0.449. The quantitative estimate of drug-likeness (QED) is 0.562. The monoisotopic (exact) mass is 334 g/mol. The molecule has 1 N–H and O–H groups in total. The van der Waals surface area contributed by atoms with Gasteiger partial charge in [-0.2, -0.15) is 0 Å². The minimum absolute atomic E-state index is 0.0126. The molecule has 0 aliphatic carbocycles. The van der Waals surface area contributed by atoms with Crippen molar-refractivity contribution in [3.63, 3.8) is 0 Å². The molecule has 3 aromatic rings. The van der Waals surface area contributed by atoms with Gasteiger partial charge in [-0.25, -0.2) is 0 Å². The molecule has 0 spiro atoms. The van der Waals surface area contributed by atoms with E-state index in [1.807, 2.05) is 49.4 Å². The molecule has 3 aromatic carbocycles. The van der Waals surface area contributed by atoms with Gasteiger partial charge >= 0.3 is 0 Å². The summed E-state index contributed by atoms with van der Waals surface area (Å²) in [5, 5.41) is 16.1. The molecule has 25 heavy (non-hydrogen) atoms. The Morgan fingerprint density at radius 1 is 1.08 bits per heavy atom. The lowest BCUT2D eigenvalue weighted by molar-refractivity contribution is -0.385. The molecule has 3 rings (SSSR count). The molecule has 5 heteroatoms. The van der Waals surface area contributed by atoms with E-state index < -0.39 is 4.92 Å². The summed E-state index contributed by atoms with van der Waals surface area (Å²) < 4.78 is 0. The fraction of sp³-hybridized carbons (Fsp3) is 0.150. The highest BCUT2D eigenvalue weighted by atomic mass is 16.6. The second-order valence-corrected chi connectivity index (χ2v) is 6.02. The Morgan fingerprint density at radius 3 is 2.52 bits per heavy atom. The number of amides is 1. The van der Waals surface area contributed by atoms with Crippen LogP contribution < -0.4 is 5.32 Å². The highest BCUT2D eigenvalue weighted by Crippen LogP contribution is 2.25. The Labute approximate surface area is 145 Å². The van der Waals surface area contributed by atoms with Gasteiger partial charge in [-0.1, -0.05) is 42.5 Å². The van der Waals surface area contributed by atoms with Gasteiger partial charge in [-0.15, -0.1) is 0 Å². The first kappa shape index (κ1) is 16.6. The molecule has 0 aliphatic rings. The molecule has 0 aromatic heterocycles. The van der Waals surface area contributed by atoms with Crippen molar-refractivity contribution in [2.45, 2.75) is 19.9 Å². The van der Waals surface area contributed by atoms with Crippen molar-refractivity contribution in [1.29, 1.82) is 0 Å². The zero-order valence-corrected chi connectivity index (χ0v) is 14.0. The molecule has 0 saturated carbocycles. The van der Waals surface area contributed by atoms with Crippen LogP contribution in [0.25, 0.3) is 10.8 Å². The highest BCUT2D eigenvalue weighted by molar-refractivity contribution is 5.95. The lowest BCUT2D eigenvalue weighted by Crippen LogP contribution is -2.26. The largest absolute Gasteiger partial charge is 0.345 e. The number of nitrogens with zero attached hydrogens (tertiary/aromatic N) is 1. The number of nitrogens with one attached hydrogen (secondary N) is 1. The molecule has 0 saturated heterocycles. The molecule has 126 valence electrons. The normalized spacial score (nSPS) is 11.9. The second kappa shape index (κ2) is 6.73. The van der Waals surface area contributed by atoms with Gasteiger partial charge < -0.3 is 5.32 Å². The summed E-state index contributed by atoms with van der Waals surface area (Å²) in [4.78, 5) is 23.0. The smallest absolute Gasteiger partial charge is 0.272 e. The van der Waals surface area contributed by atoms with E-state index in [4.69, 9.17) is 0 Å². The average molecular weight is 334 g/mol. The number of fused-ring (bicyclic) bond motifs is 1. The van der Waals surface area contributed by atoms with E-state index in [0.717, 1.165) is 16.3 Å². The fourth-order valence-corrected chi connectivity index (χ4v) is 2.99. The number of rotatable bonds is 4. The molecular formula is C20H18N2O3. The van der Waals surface area contributed by atoms with E-state index in [2.05, 4.69) is 5.32 Å². The van der Waals surface area contributed by atoms with Gasteiger partial charge in [0, 0.05) is 17.2 Å². The topological polar surface area (TPSA) is 72.2 Å². The Bertz CT molecular complexity index is 961. The van der Waals surface area contributed by atoms with Crippen molar-refractivity contribution in [1.82, 2.24) is 5.32 Å². The van der Waals surface area contributed by atoms with Gasteiger partial charge in [0.1, 0.15) is 0 Å². The summed E-state index contributed by atoms with van der Waals surface area (Å²) in [7, 11) is 0. The number of carbonyl (C=O) groups is 1. The number of carbonyl (C=O) groups excluding carboxylic acids is 1. The van der Waals surface area contributed by atoms with Crippen LogP contribution in [0.15, 0.2) is 60.7 Å². The molecule has 0 radical (unpaired) electrons. The van der Waals surface area contributed by atoms with Crippen LogP contribution in [0.1, 0.15) is 34.5 Å². The number of hydrogen-bond donors (Lipinski definition) is 1. The van der Waals surface area contributed by atoms with Crippen LogP contribution in [0.5, 0.6) is 0 Å². The second-order valence-electron chi connectivity index (χ2n) is 6.02. The Morgan fingerprint density at radius 2 is 1.80 bits per heavy atom. The summed E-state index contributed by atoms with van der Waals surface area (Å²) in [6.45, 7) is 3.56. The summed E-state index contributed by atoms with van der Waals surface area (Å²) >= 11 is 0. The van der Waals surface area contributed by atoms with E-state index in [-0.39, 0.29) is 17.6 Å². The molecule has 0 fully saturated rings. The molecule has 0 aliphatic heterocycles. The predicted molar refractivity (Wildman–Crippen MR) is 97.7 cm³/mol. The number of benzene rings is 3. The third-order valence-corrected chi connectivity index (χ3v) is 4.29. The van der Waals surface area contributed by atoms with Crippen molar-refractivity contribution in [3.8, 4) is 0 Å². The van der Waals surface area contributed by atoms with E-state index in [0.29, 0.717) is 11.1 Å². The van der Waals surface area contributed by atoms with Gasteiger partial charge in [0.15, 0.2) is 0 Å². The van der Waals surface area contributed by atoms with Crippen LogP contribution in [0.2, 0.25) is 0 Å². The van der Waals surface area contributed by atoms with Gasteiger partial charge in [0.05, 0.1) is 11.0 Å². The lowest BCUT2D eigenvalue weighted by atomic mass is 9.99. The number of hydrogen-bond acceptors (Lipinski definition) is 3. The summed E-state index contributed by atoms with van der Waals surface area (Å²) in [5.41, 5.74) is 1.93. The standard InChI is InChI=1S/C20H18N2O3/c1-13-12-16(10-11-19(13)22(24)25)20(23)21-14(2)17-9-5-7-15-6-3-4-8-18(15)17/h3-12,14H,1-2H3,(H,21,23). The van der Waals surface area contributed by atoms with Crippen LogP contribution in [-0.4, -0.2) is 10.8 Å². The van der Waals surface area contributed by atoms with E-state index in [1.54, 1.807) is 13.0 Å². The SMILES string of the molecule is Cc1cc(C(=O)NC(C)c2cccc3ccccc23)ccc1[N+](=O)[O-]. The fourth-order valence-electron chi connectivity index (χ4n) is 2.99. The van der Waals surface area contributed by atoms with Gasteiger partial charge in [0.2, 0.25) is 0 Å². The zero-order valence-electron chi connectivity index (χ0n) is 14.0. The first-order valence-corrected chi connectivity index (χ1v) is 8.01. The number of aryl methyl sites for hydroxylation is 1. The van der Waals surface area contributed by atoms with Gasteiger partial charge in [-0.05, 0) is 42.3 Å². The van der Waals surface area contributed by atoms with Crippen LogP contribution >= 0.6 is 0 Å². The van der Waals surface area contributed by atoms with Gasteiger partial charge in [-0.3, -0.25) is 14.9 Å². The van der Waals surface area contributed by atoms with Gasteiger partial charge in [0.25, 0.3) is 11.6 Å². The van der Waals surface area contributed by atoms with Crippen molar-refractivity contribution < 1.29 is 9.72 Å². The summed E-state index contributed by atoms with van der Waals surface area (Å²) in [5.74, 6) is -0.251. The van der Waals surface area contributed by atoms with Crippen LogP contribution in [-0.2, 0) is 0 Å². The van der Waals surface area contributed by atoms with Crippen LogP contribution in [0, 0.1) is 17.0 Å². The predicted octanol–water partition coefficient (Wildman–Crippen LogP) is 4.55. The van der Waals surface area contributed by atoms with Crippen molar-refractivity contribution in [2.24, 2.45) is 0 Å². The Hall–Kier alpha value is -3.21. The Balaban J connectivity index is 1.85. The third-order valence-electron chi connectivity index (χ3n) is 4.29. The van der Waals surface area contributed by atoms with E-state index >= 15 is 0 Å². The average Bonchev–Trinajstić information content (AvgIpc) is 2.60. The van der Waals surface area contributed by atoms with Crippen molar-refractivity contribution in [2.75, 3.05) is 0 Å². The maximum absolute atomic E-state index is 12.5. The van der Waals surface area contributed by atoms with Crippen LogP contribution in [0.4, 0.5) is 5.69 Å². The number of nitro groups is 1. The zero-order chi connectivity index (χ0) is 18.0. The maximum atomic E-state index is 12.5. The lowest BCUT2D eigenvalue weighted by Gasteiger charge is -2.17. The Kier molecular flexibility index (Phi) is 4.48. The highest BCUT2D eigenvalue weighted by Gasteiger charge is 2.16. The van der Waals surface area contributed by atoms with E-state index in [9.17, 15) is 14.9 Å². The molecule has 0 heterocycles. The molecular weight excluding hydrogens is 316 g/mol. The third kappa shape index (κ3) is 3.35.